The maximum Gasteiger partial charge on any atom is 0.434 e. The number of fused-ring (bicyclic) bond motifs is 1. The number of carboxylic acid groups (broad SMARTS) is 1. The number of halogens is 5. The van der Waals surface area contributed by atoms with E-state index < -0.39 is 46.4 Å². The fourth-order valence-corrected chi connectivity index (χ4v) is 4.32. The van der Waals surface area contributed by atoms with Gasteiger partial charge in [-0.15, -0.1) is 4.99 Å². The summed E-state index contributed by atoms with van der Waals surface area (Å²) in [7, 11) is 4.25. The van der Waals surface area contributed by atoms with Gasteiger partial charge in [0.05, 0.1) is 28.7 Å². The molecule has 1 aliphatic rings. The third-order valence-corrected chi connectivity index (χ3v) is 6.03. The minimum atomic E-state index is -5.12. The van der Waals surface area contributed by atoms with Crippen molar-refractivity contribution in [2.24, 2.45) is 4.99 Å². The second-order valence-corrected chi connectivity index (χ2v) is 8.87. The van der Waals surface area contributed by atoms with Crippen molar-refractivity contribution in [1.29, 1.82) is 0 Å². The number of anilines is 1. The summed E-state index contributed by atoms with van der Waals surface area (Å²) in [4.78, 5) is 33.6. The van der Waals surface area contributed by atoms with E-state index >= 15 is 4.39 Å². The first-order chi connectivity index (χ1) is 17.2. The summed E-state index contributed by atoms with van der Waals surface area (Å²) in [5, 5.41) is 11.8. The maximum atomic E-state index is 16.2. The number of carbonyl (C=O) groups excluding carboxylic acids is 1. The quantitative estimate of drug-likeness (QED) is 0.501. The standard InChI is InChI=1S/C23H21F5N6O3/c1-22(10-15(35)33(4)19(31-22)30-21(36)37)11-6-5-7-14(17(11)25)34-18-13(29-20(34)32(2)3)9-8-12(24)16(18)23(26,27)28/h5-9H,10H2,1-4H3,(H,30,31)(H,36,37)/t22-/m0/s1. The molecular formula is C23H21F5N6O3. The van der Waals surface area contributed by atoms with Gasteiger partial charge in [-0.05, 0) is 25.1 Å². The fourth-order valence-electron chi connectivity index (χ4n) is 4.32. The molecule has 1 fully saturated rings. The number of aliphatic imine (C=N–C) groups is 1. The molecule has 2 amide bonds. The Morgan fingerprint density at radius 1 is 1.22 bits per heavy atom. The van der Waals surface area contributed by atoms with Gasteiger partial charge >= 0.3 is 12.3 Å². The van der Waals surface area contributed by atoms with E-state index in [1.165, 1.54) is 51.2 Å². The summed E-state index contributed by atoms with van der Waals surface area (Å²) in [6.45, 7) is 1.43. The first kappa shape index (κ1) is 25.9. The Bertz CT molecular complexity index is 1470. The lowest BCUT2D eigenvalue weighted by Crippen LogP contribution is -2.59. The van der Waals surface area contributed by atoms with Crippen molar-refractivity contribution in [3.63, 3.8) is 0 Å². The van der Waals surface area contributed by atoms with Gasteiger partial charge in [-0.2, -0.15) is 13.2 Å². The molecule has 1 saturated heterocycles. The summed E-state index contributed by atoms with van der Waals surface area (Å²) in [5.74, 6) is -3.60. The number of nitrogens with zero attached hydrogens (tertiary/aromatic N) is 5. The summed E-state index contributed by atoms with van der Waals surface area (Å²) in [5.41, 5.74) is -4.56. The topological polar surface area (TPSA) is 103 Å². The first-order valence-corrected chi connectivity index (χ1v) is 10.8. The Kier molecular flexibility index (Phi) is 6.08. The van der Waals surface area contributed by atoms with E-state index in [0.717, 1.165) is 15.5 Å². The number of hydrogen-bond acceptors (Lipinski definition) is 4. The molecule has 14 heteroatoms. The van der Waals surface area contributed by atoms with E-state index in [4.69, 9.17) is 5.11 Å². The van der Waals surface area contributed by atoms with E-state index in [2.05, 4.69) is 15.3 Å². The maximum absolute atomic E-state index is 16.2. The minimum absolute atomic E-state index is 0.104. The minimum Gasteiger partial charge on any atom is -0.463 e. The molecule has 1 aliphatic heterocycles. The van der Waals surface area contributed by atoms with Gasteiger partial charge in [0.1, 0.15) is 11.4 Å². The number of aromatic nitrogens is 2. The van der Waals surface area contributed by atoms with Gasteiger partial charge in [0.25, 0.3) is 0 Å². The molecule has 2 N–H and O–H groups in total. The van der Waals surface area contributed by atoms with Crippen LogP contribution in [0.25, 0.3) is 16.7 Å². The molecule has 2 aromatic carbocycles. The molecular weight excluding hydrogens is 503 g/mol. The molecule has 0 spiro atoms. The van der Waals surface area contributed by atoms with Gasteiger partial charge in [0, 0.05) is 26.7 Å². The molecule has 9 nitrogen and oxygen atoms in total. The predicted octanol–water partition coefficient (Wildman–Crippen LogP) is 4.09. The Hall–Kier alpha value is -4.23. The third kappa shape index (κ3) is 4.32. The summed E-state index contributed by atoms with van der Waals surface area (Å²) in [6, 6.07) is 5.58. The number of imidazole rings is 1. The van der Waals surface area contributed by atoms with Gasteiger partial charge < -0.3 is 15.3 Å². The van der Waals surface area contributed by atoms with Crippen LogP contribution in [-0.4, -0.2) is 58.7 Å². The van der Waals surface area contributed by atoms with Crippen molar-refractivity contribution < 1.29 is 36.6 Å². The highest BCUT2D eigenvalue weighted by Crippen LogP contribution is 2.41. The Morgan fingerprint density at radius 2 is 1.89 bits per heavy atom. The molecule has 4 rings (SSSR count). The highest BCUT2D eigenvalue weighted by molar-refractivity contribution is 6.03. The molecule has 3 aromatic rings. The summed E-state index contributed by atoms with van der Waals surface area (Å²) in [6.07, 6.45) is -7.03. The molecule has 37 heavy (non-hydrogen) atoms. The Morgan fingerprint density at radius 3 is 2.49 bits per heavy atom. The first-order valence-electron chi connectivity index (χ1n) is 10.8. The van der Waals surface area contributed by atoms with E-state index in [0.29, 0.717) is 6.07 Å². The number of alkyl halides is 3. The lowest BCUT2D eigenvalue weighted by Gasteiger charge is -2.40. The number of nitrogens with one attached hydrogen (secondary N) is 1. The van der Waals surface area contributed by atoms with Crippen molar-refractivity contribution in [1.82, 2.24) is 19.8 Å². The van der Waals surface area contributed by atoms with Gasteiger partial charge in [-0.3, -0.25) is 14.3 Å². The molecule has 0 saturated carbocycles. The average Bonchev–Trinajstić information content (AvgIpc) is 3.15. The Balaban J connectivity index is 2.01. The van der Waals surface area contributed by atoms with E-state index in [1.807, 2.05) is 0 Å². The van der Waals surface area contributed by atoms with E-state index in [-0.39, 0.29) is 35.1 Å². The van der Waals surface area contributed by atoms with Crippen LogP contribution in [0.15, 0.2) is 35.3 Å². The summed E-state index contributed by atoms with van der Waals surface area (Å²) >= 11 is 0. The number of hydrogen-bond donors (Lipinski definition) is 2. The molecule has 0 bridgehead atoms. The number of amides is 2. The molecule has 0 radical (unpaired) electrons. The lowest BCUT2D eigenvalue weighted by molar-refractivity contribution is -0.138. The number of carbonyl (C=O) groups is 2. The number of rotatable bonds is 3. The van der Waals surface area contributed by atoms with E-state index in [1.54, 1.807) is 0 Å². The van der Waals surface area contributed by atoms with E-state index in [9.17, 15) is 27.2 Å². The van der Waals surface area contributed by atoms with Crippen LogP contribution in [0.1, 0.15) is 24.5 Å². The molecule has 1 aromatic heterocycles. The molecule has 0 unspecified atom stereocenters. The SMILES string of the molecule is CN1C(=O)C[C@@](C)(c2cccc(-n3c(N(C)C)nc4ccc(F)c(C(F)(F)F)c43)c2F)N/C1=N\C(=O)O. The van der Waals surface area contributed by atoms with Crippen LogP contribution < -0.4 is 10.2 Å². The van der Waals surface area contributed by atoms with Gasteiger partial charge in [-0.25, -0.2) is 18.6 Å². The smallest absolute Gasteiger partial charge is 0.434 e. The zero-order valence-corrected chi connectivity index (χ0v) is 20.0. The van der Waals surface area contributed by atoms with Crippen LogP contribution in [0.2, 0.25) is 0 Å². The van der Waals surface area contributed by atoms with Crippen LogP contribution in [-0.2, 0) is 16.5 Å². The van der Waals surface area contributed by atoms with Crippen molar-refractivity contribution in [3.05, 3.63) is 53.1 Å². The van der Waals surface area contributed by atoms with Crippen molar-refractivity contribution >= 4 is 34.9 Å². The molecule has 196 valence electrons. The third-order valence-electron chi connectivity index (χ3n) is 6.03. The zero-order valence-electron chi connectivity index (χ0n) is 20.0. The highest BCUT2D eigenvalue weighted by atomic mass is 19.4. The van der Waals surface area contributed by atoms with Crippen LogP contribution in [0.4, 0.5) is 32.7 Å². The normalized spacial score (nSPS) is 19.4. The van der Waals surface area contributed by atoms with Crippen LogP contribution in [0.5, 0.6) is 0 Å². The summed E-state index contributed by atoms with van der Waals surface area (Å²) < 4.78 is 73.4. The average molecular weight is 524 g/mol. The van der Waals surface area contributed by atoms with Gasteiger partial charge in [-0.1, -0.05) is 12.1 Å². The molecule has 2 heterocycles. The molecule has 1 atom stereocenters. The Labute approximate surface area is 206 Å². The van der Waals surface area contributed by atoms with Crippen LogP contribution in [0, 0.1) is 11.6 Å². The molecule has 0 aliphatic carbocycles. The zero-order chi connectivity index (χ0) is 27.4. The lowest BCUT2D eigenvalue weighted by atomic mass is 9.86. The second-order valence-electron chi connectivity index (χ2n) is 8.87. The van der Waals surface area contributed by atoms with Gasteiger partial charge in [0.15, 0.2) is 5.82 Å². The fraction of sp³-hybridized carbons (Fsp3) is 0.304. The number of benzene rings is 2. The largest absolute Gasteiger partial charge is 0.463 e. The monoisotopic (exact) mass is 524 g/mol. The number of guanidine groups is 1. The van der Waals surface area contributed by atoms with Crippen molar-refractivity contribution in [3.8, 4) is 5.69 Å². The van der Waals surface area contributed by atoms with Crippen LogP contribution >= 0.6 is 0 Å². The predicted molar refractivity (Wildman–Crippen MR) is 124 cm³/mol. The van der Waals surface area contributed by atoms with Gasteiger partial charge in [0.2, 0.25) is 17.8 Å². The van der Waals surface area contributed by atoms with Crippen molar-refractivity contribution in [2.45, 2.75) is 25.1 Å². The van der Waals surface area contributed by atoms with Crippen LogP contribution in [0.3, 0.4) is 0 Å². The highest BCUT2D eigenvalue weighted by Gasteiger charge is 2.42. The van der Waals surface area contributed by atoms with Crippen molar-refractivity contribution in [2.75, 3.05) is 26.0 Å². The second kappa shape index (κ2) is 8.71.